The smallest absolute Gasteiger partial charge is 0.255 e. The monoisotopic (exact) mass is 396 g/mol. The van der Waals surface area contributed by atoms with E-state index in [0.29, 0.717) is 23.9 Å². The van der Waals surface area contributed by atoms with Crippen LogP contribution in [0, 0.1) is 11.3 Å². The van der Waals surface area contributed by atoms with Gasteiger partial charge >= 0.3 is 0 Å². The number of nitrogens with zero attached hydrogens (tertiary/aromatic N) is 2. The van der Waals surface area contributed by atoms with Crippen molar-refractivity contribution in [3.05, 3.63) is 34.9 Å². The van der Waals surface area contributed by atoms with Crippen LogP contribution in [-0.4, -0.2) is 60.2 Å². The Balaban J connectivity index is 1.28. The van der Waals surface area contributed by atoms with Gasteiger partial charge in [0, 0.05) is 38.2 Å². The van der Waals surface area contributed by atoms with Gasteiger partial charge in [0.25, 0.3) is 5.91 Å². The van der Waals surface area contributed by atoms with Crippen molar-refractivity contribution in [2.75, 3.05) is 26.7 Å². The summed E-state index contributed by atoms with van der Waals surface area (Å²) in [5.74, 6) is 0.0121. The van der Waals surface area contributed by atoms with Gasteiger partial charge in [-0.2, -0.15) is 0 Å². The van der Waals surface area contributed by atoms with E-state index in [1.54, 1.807) is 4.90 Å². The summed E-state index contributed by atoms with van der Waals surface area (Å²) in [7, 11) is 2.03. The minimum absolute atomic E-state index is 0.103. The Labute approximate surface area is 170 Å². The molecule has 1 aromatic carbocycles. The second-order valence-corrected chi connectivity index (χ2v) is 9.18. The number of hydrogen-bond donors (Lipinski definition) is 2. The van der Waals surface area contributed by atoms with Gasteiger partial charge in [-0.1, -0.05) is 12.1 Å². The van der Waals surface area contributed by atoms with Gasteiger partial charge in [0.15, 0.2) is 0 Å². The van der Waals surface area contributed by atoms with Crippen molar-refractivity contribution in [1.29, 1.82) is 0 Å². The molecular weight excluding hydrogens is 368 g/mol. The van der Waals surface area contributed by atoms with E-state index in [1.807, 2.05) is 13.1 Å². The molecule has 29 heavy (non-hydrogen) atoms. The largest absolute Gasteiger partial charge is 0.322 e. The number of imide groups is 1. The van der Waals surface area contributed by atoms with Gasteiger partial charge in [-0.05, 0) is 61.4 Å². The Hall–Kier alpha value is -2.25. The molecule has 5 rings (SSSR count). The molecule has 2 unspecified atom stereocenters. The number of nitrogens with one attached hydrogen (secondary N) is 2. The summed E-state index contributed by atoms with van der Waals surface area (Å²) in [5.41, 5.74) is 3.43. The number of fused-ring (bicyclic) bond motifs is 1. The summed E-state index contributed by atoms with van der Waals surface area (Å²) in [4.78, 5) is 40.6. The molecule has 7 nitrogen and oxygen atoms in total. The zero-order valence-corrected chi connectivity index (χ0v) is 16.9. The van der Waals surface area contributed by atoms with Crippen molar-refractivity contribution in [3.63, 3.8) is 0 Å². The van der Waals surface area contributed by atoms with Crippen LogP contribution in [-0.2, 0) is 22.7 Å². The summed E-state index contributed by atoms with van der Waals surface area (Å²) in [6, 6.07) is 5.54. The molecule has 3 fully saturated rings. The highest BCUT2D eigenvalue weighted by molar-refractivity contribution is 6.05. The lowest BCUT2D eigenvalue weighted by Gasteiger charge is -2.29. The highest BCUT2D eigenvalue weighted by Crippen LogP contribution is 2.56. The van der Waals surface area contributed by atoms with E-state index in [2.05, 4.69) is 27.7 Å². The van der Waals surface area contributed by atoms with Crippen molar-refractivity contribution < 1.29 is 14.4 Å². The van der Waals surface area contributed by atoms with Crippen molar-refractivity contribution in [2.24, 2.45) is 11.3 Å². The Morgan fingerprint density at radius 3 is 2.79 bits per heavy atom. The number of rotatable bonds is 5. The molecular formula is C22H28N4O3. The third-order valence-electron chi connectivity index (χ3n) is 7.22. The highest BCUT2D eigenvalue weighted by atomic mass is 16.2. The normalized spacial score (nSPS) is 28.2. The topological polar surface area (TPSA) is 81.8 Å². The van der Waals surface area contributed by atoms with E-state index in [0.717, 1.165) is 37.7 Å². The van der Waals surface area contributed by atoms with Gasteiger partial charge < -0.3 is 10.2 Å². The molecule has 3 aliphatic heterocycles. The third-order valence-corrected chi connectivity index (χ3v) is 7.22. The Morgan fingerprint density at radius 2 is 2.07 bits per heavy atom. The minimum atomic E-state index is -0.549. The number of carbonyl (C=O) groups is 3. The van der Waals surface area contributed by atoms with Crippen molar-refractivity contribution >= 4 is 17.7 Å². The van der Waals surface area contributed by atoms with Crippen LogP contribution in [0.4, 0.5) is 0 Å². The predicted octanol–water partition coefficient (Wildman–Crippen LogP) is 0.879. The van der Waals surface area contributed by atoms with Crippen LogP contribution in [0.25, 0.3) is 0 Å². The lowest BCUT2D eigenvalue weighted by atomic mass is 9.93. The van der Waals surface area contributed by atoms with E-state index in [1.165, 1.54) is 18.4 Å². The standard InChI is InChI=1S/C22H28N4O3/c1-23-9-16-12-25(13-22(16)6-7-22)10-14-2-3-17-15(8-14)11-26(21(17)29)18-4-5-19(27)24-20(18)28/h2-3,8,16,18,23H,4-7,9-13H2,1H3,(H,24,27,28). The van der Waals surface area contributed by atoms with E-state index in [4.69, 9.17) is 0 Å². The molecule has 1 aliphatic carbocycles. The summed E-state index contributed by atoms with van der Waals surface area (Å²) in [5, 5.41) is 5.71. The number of hydrogen-bond acceptors (Lipinski definition) is 5. The molecule has 1 aromatic rings. The molecule has 3 heterocycles. The first kappa shape index (κ1) is 18.8. The summed E-state index contributed by atoms with van der Waals surface area (Å²) < 4.78 is 0. The van der Waals surface area contributed by atoms with Gasteiger partial charge in [0.05, 0.1) is 0 Å². The van der Waals surface area contributed by atoms with Gasteiger partial charge in [-0.25, -0.2) is 0 Å². The van der Waals surface area contributed by atoms with Gasteiger partial charge in [-0.3, -0.25) is 24.6 Å². The quantitative estimate of drug-likeness (QED) is 0.722. The van der Waals surface area contributed by atoms with Crippen molar-refractivity contribution in [3.8, 4) is 0 Å². The number of amides is 3. The number of piperidine rings is 1. The van der Waals surface area contributed by atoms with E-state index in [-0.39, 0.29) is 24.1 Å². The fraction of sp³-hybridized carbons (Fsp3) is 0.591. The van der Waals surface area contributed by atoms with Crippen molar-refractivity contribution in [2.45, 2.75) is 44.8 Å². The Morgan fingerprint density at radius 1 is 1.24 bits per heavy atom. The van der Waals surface area contributed by atoms with Crippen LogP contribution in [0.3, 0.4) is 0 Å². The molecule has 0 aromatic heterocycles. The molecule has 0 bridgehead atoms. The maximum Gasteiger partial charge on any atom is 0.255 e. The van der Waals surface area contributed by atoms with Crippen LogP contribution in [0.1, 0.15) is 47.2 Å². The average Bonchev–Trinajstić information content (AvgIpc) is 3.28. The van der Waals surface area contributed by atoms with Crippen molar-refractivity contribution in [1.82, 2.24) is 20.4 Å². The lowest BCUT2D eigenvalue weighted by molar-refractivity contribution is -0.136. The van der Waals surface area contributed by atoms with Crippen LogP contribution < -0.4 is 10.6 Å². The van der Waals surface area contributed by atoms with Crippen LogP contribution in [0.15, 0.2) is 18.2 Å². The molecule has 3 amide bonds. The summed E-state index contributed by atoms with van der Waals surface area (Å²) in [6.45, 7) is 4.72. The molecule has 4 aliphatic rings. The molecule has 0 radical (unpaired) electrons. The maximum atomic E-state index is 12.8. The first-order valence-electron chi connectivity index (χ1n) is 10.6. The SMILES string of the molecule is CNCC1CN(Cc2ccc3c(c2)CN(C2CCC(=O)NC2=O)C3=O)CC12CC2. The van der Waals surface area contributed by atoms with Gasteiger partial charge in [0.2, 0.25) is 11.8 Å². The first-order chi connectivity index (χ1) is 14.0. The highest BCUT2D eigenvalue weighted by Gasteiger charge is 2.54. The zero-order valence-electron chi connectivity index (χ0n) is 16.9. The van der Waals surface area contributed by atoms with Crippen LogP contribution >= 0.6 is 0 Å². The maximum absolute atomic E-state index is 12.8. The van der Waals surface area contributed by atoms with E-state index < -0.39 is 6.04 Å². The molecule has 2 atom stereocenters. The number of likely N-dealkylation sites (tertiary alicyclic amines) is 1. The number of carbonyl (C=O) groups excluding carboxylic acids is 3. The minimum Gasteiger partial charge on any atom is -0.322 e. The summed E-state index contributed by atoms with van der Waals surface area (Å²) >= 11 is 0. The molecule has 2 N–H and O–H groups in total. The summed E-state index contributed by atoms with van der Waals surface area (Å²) in [6.07, 6.45) is 3.37. The lowest BCUT2D eigenvalue weighted by Crippen LogP contribution is -2.52. The predicted molar refractivity (Wildman–Crippen MR) is 107 cm³/mol. The second kappa shape index (κ2) is 6.92. The Kier molecular flexibility index (Phi) is 4.47. The van der Waals surface area contributed by atoms with E-state index >= 15 is 0 Å². The molecule has 1 saturated carbocycles. The number of benzene rings is 1. The molecule has 7 heteroatoms. The average molecular weight is 396 g/mol. The second-order valence-electron chi connectivity index (χ2n) is 9.18. The van der Waals surface area contributed by atoms with Gasteiger partial charge in [0.1, 0.15) is 6.04 Å². The fourth-order valence-electron chi connectivity index (χ4n) is 5.50. The first-order valence-corrected chi connectivity index (χ1v) is 10.6. The molecule has 1 spiro atoms. The van der Waals surface area contributed by atoms with Crippen LogP contribution in [0.2, 0.25) is 0 Å². The Bertz CT molecular complexity index is 879. The van der Waals surface area contributed by atoms with Gasteiger partial charge in [-0.15, -0.1) is 0 Å². The van der Waals surface area contributed by atoms with Crippen LogP contribution in [0.5, 0.6) is 0 Å². The fourth-order valence-corrected chi connectivity index (χ4v) is 5.50. The zero-order chi connectivity index (χ0) is 20.2. The molecule has 154 valence electrons. The third kappa shape index (κ3) is 3.26. The van der Waals surface area contributed by atoms with E-state index in [9.17, 15) is 14.4 Å². The molecule has 2 saturated heterocycles.